The molecular weight excluding hydrogens is 358 g/mol. The Kier molecular flexibility index (Phi) is 15.3. The highest BCUT2D eigenvalue weighted by molar-refractivity contribution is 5.89. The van der Waals surface area contributed by atoms with Gasteiger partial charge in [-0.2, -0.15) is 0 Å². The monoisotopic (exact) mass is 403 g/mol. The van der Waals surface area contributed by atoms with Crippen LogP contribution in [0.3, 0.4) is 0 Å². The number of hydrogen-bond donors (Lipinski definition) is 1. The fourth-order valence-electron chi connectivity index (χ4n) is 3.70. The normalized spacial score (nSPS) is 11.0. The van der Waals surface area contributed by atoms with Gasteiger partial charge < -0.3 is 10.1 Å². The van der Waals surface area contributed by atoms with Crippen LogP contribution < -0.4 is 5.32 Å². The first-order valence-corrected chi connectivity index (χ1v) is 12.1. The number of rotatable bonds is 18. The molecule has 0 bridgehead atoms. The largest absolute Gasteiger partial charge is 0.465 e. The topological polar surface area (TPSA) is 38.3 Å². The molecule has 29 heavy (non-hydrogen) atoms. The second kappa shape index (κ2) is 17.4. The Labute approximate surface area is 180 Å². The number of carbonyl (C=O) groups is 1. The second-order valence-corrected chi connectivity index (χ2v) is 8.77. The zero-order chi connectivity index (χ0) is 21.2. The van der Waals surface area contributed by atoms with Crippen molar-refractivity contribution in [2.24, 2.45) is 5.92 Å². The molecule has 1 aromatic carbocycles. The van der Waals surface area contributed by atoms with Crippen LogP contribution in [0.5, 0.6) is 0 Å². The van der Waals surface area contributed by atoms with Crippen LogP contribution in [-0.2, 0) is 4.74 Å². The van der Waals surface area contributed by atoms with Gasteiger partial charge in [0.1, 0.15) is 0 Å². The highest BCUT2D eigenvalue weighted by Gasteiger charge is 2.03. The van der Waals surface area contributed by atoms with Gasteiger partial charge >= 0.3 is 5.97 Å². The SMILES string of the molecule is COC(=O)c1ccc(NCCCCCCCCCCCCCCCC(C)C)cc1. The molecule has 0 spiro atoms. The fourth-order valence-corrected chi connectivity index (χ4v) is 3.70. The minimum Gasteiger partial charge on any atom is -0.465 e. The Morgan fingerprint density at radius 3 is 1.66 bits per heavy atom. The van der Waals surface area contributed by atoms with E-state index in [-0.39, 0.29) is 5.97 Å². The number of esters is 1. The summed E-state index contributed by atoms with van der Waals surface area (Å²) < 4.78 is 4.71. The number of methoxy groups -OCH3 is 1. The van der Waals surface area contributed by atoms with E-state index in [0.29, 0.717) is 5.56 Å². The minimum absolute atomic E-state index is 0.284. The van der Waals surface area contributed by atoms with Crippen LogP contribution in [-0.4, -0.2) is 19.6 Å². The number of carbonyl (C=O) groups excluding carboxylic acids is 1. The van der Waals surface area contributed by atoms with Crippen LogP contribution in [0.2, 0.25) is 0 Å². The molecule has 0 radical (unpaired) electrons. The molecule has 0 heterocycles. The standard InChI is InChI=1S/C26H45NO2/c1-23(2)17-15-13-11-9-7-5-4-6-8-10-12-14-16-22-27-25-20-18-24(19-21-25)26(28)29-3/h18-21,23,27H,4-17,22H2,1-3H3. The summed E-state index contributed by atoms with van der Waals surface area (Å²) in [5.74, 6) is 0.589. The quantitative estimate of drug-likeness (QED) is 0.199. The van der Waals surface area contributed by atoms with Crippen molar-refractivity contribution in [1.82, 2.24) is 0 Å². The van der Waals surface area contributed by atoms with Gasteiger partial charge in [-0.1, -0.05) is 97.3 Å². The molecule has 0 unspecified atom stereocenters. The molecule has 1 rings (SSSR count). The molecule has 0 amide bonds. The van der Waals surface area contributed by atoms with Crippen LogP contribution in [0, 0.1) is 5.92 Å². The number of ether oxygens (including phenoxy) is 1. The summed E-state index contributed by atoms with van der Waals surface area (Å²) in [4.78, 5) is 11.4. The average molecular weight is 404 g/mol. The summed E-state index contributed by atoms with van der Waals surface area (Å²) >= 11 is 0. The van der Waals surface area contributed by atoms with Gasteiger partial charge in [0, 0.05) is 12.2 Å². The summed E-state index contributed by atoms with van der Waals surface area (Å²) in [5.41, 5.74) is 1.66. The second-order valence-electron chi connectivity index (χ2n) is 8.77. The zero-order valence-electron chi connectivity index (χ0n) is 19.3. The van der Waals surface area contributed by atoms with Crippen molar-refractivity contribution in [3.63, 3.8) is 0 Å². The first-order chi connectivity index (χ1) is 14.1. The van der Waals surface area contributed by atoms with Gasteiger partial charge in [0.25, 0.3) is 0 Å². The molecule has 0 atom stereocenters. The zero-order valence-corrected chi connectivity index (χ0v) is 19.3. The lowest BCUT2D eigenvalue weighted by molar-refractivity contribution is 0.0601. The Balaban J connectivity index is 1.83. The molecule has 0 aliphatic carbocycles. The summed E-state index contributed by atoms with van der Waals surface area (Å²) in [6.07, 6.45) is 19.5. The van der Waals surface area contributed by atoms with Crippen molar-refractivity contribution < 1.29 is 9.53 Å². The maximum Gasteiger partial charge on any atom is 0.337 e. The van der Waals surface area contributed by atoms with Gasteiger partial charge in [-0.25, -0.2) is 4.79 Å². The third-order valence-electron chi connectivity index (χ3n) is 5.59. The Morgan fingerprint density at radius 2 is 1.21 bits per heavy atom. The van der Waals surface area contributed by atoms with E-state index in [1.165, 1.54) is 97.0 Å². The van der Waals surface area contributed by atoms with Crippen LogP contribution >= 0.6 is 0 Å². The van der Waals surface area contributed by atoms with Gasteiger partial charge in [-0.15, -0.1) is 0 Å². The summed E-state index contributed by atoms with van der Waals surface area (Å²) in [7, 11) is 1.41. The minimum atomic E-state index is -0.284. The molecule has 0 fully saturated rings. The van der Waals surface area contributed by atoms with Crippen LogP contribution in [0.4, 0.5) is 5.69 Å². The molecule has 1 N–H and O–H groups in total. The van der Waals surface area contributed by atoms with E-state index < -0.39 is 0 Å². The highest BCUT2D eigenvalue weighted by atomic mass is 16.5. The number of hydrogen-bond acceptors (Lipinski definition) is 3. The Bertz CT molecular complexity index is 510. The van der Waals surface area contributed by atoms with Crippen molar-refractivity contribution in [3.8, 4) is 0 Å². The predicted molar refractivity (Wildman–Crippen MR) is 126 cm³/mol. The molecule has 3 heteroatoms. The Hall–Kier alpha value is -1.51. The van der Waals surface area contributed by atoms with E-state index in [1.807, 2.05) is 12.1 Å². The van der Waals surface area contributed by atoms with E-state index in [2.05, 4.69) is 19.2 Å². The Morgan fingerprint density at radius 1 is 0.759 bits per heavy atom. The van der Waals surface area contributed by atoms with Crippen molar-refractivity contribution in [3.05, 3.63) is 29.8 Å². The van der Waals surface area contributed by atoms with Gasteiger partial charge in [0.05, 0.1) is 12.7 Å². The lowest BCUT2D eigenvalue weighted by Gasteiger charge is -2.07. The molecule has 0 aliphatic heterocycles. The molecule has 1 aromatic rings. The van der Waals surface area contributed by atoms with E-state index >= 15 is 0 Å². The summed E-state index contributed by atoms with van der Waals surface area (Å²) in [6.45, 7) is 5.64. The molecule has 0 aliphatic rings. The maximum absolute atomic E-state index is 11.4. The lowest BCUT2D eigenvalue weighted by Crippen LogP contribution is -2.03. The van der Waals surface area contributed by atoms with Gasteiger partial charge in [-0.3, -0.25) is 0 Å². The van der Waals surface area contributed by atoms with Crippen LogP contribution in [0.25, 0.3) is 0 Å². The summed E-state index contributed by atoms with van der Waals surface area (Å²) in [5, 5.41) is 3.43. The number of benzene rings is 1. The number of nitrogens with one attached hydrogen (secondary N) is 1. The van der Waals surface area contributed by atoms with Crippen molar-refractivity contribution in [1.29, 1.82) is 0 Å². The first kappa shape index (κ1) is 25.5. The maximum atomic E-state index is 11.4. The van der Waals surface area contributed by atoms with Crippen molar-refractivity contribution >= 4 is 11.7 Å². The first-order valence-electron chi connectivity index (χ1n) is 12.1. The molecular formula is C26H45NO2. The highest BCUT2D eigenvalue weighted by Crippen LogP contribution is 2.15. The van der Waals surface area contributed by atoms with E-state index in [1.54, 1.807) is 12.1 Å². The third-order valence-corrected chi connectivity index (χ3v) is 5.59. The molecule has 0 saturated carbocycles. The van der Waals surface area contributed by atoms with Crippen LogP contribution in [0.15, 0.2) is 24.3 Å². The molecule has 0 saturated heterocycles. The predicted octanol–water partition coefficient (Wildman–Crippen LogP) is 8.00. The lowest BCUT2D eigenvalue weighted by atomic mass is 10.0. The number of unbranched alkanes of at least 4 members (excludes halogenated alkanes) is 12. The smallest absolute Gasteiger partial charge is 0.337 e. The van der Waals surface area contributed by atoms with E-state index in [0.717, 1.165) is 18.2 Å². The summed E-state index contributed by atoms with van der Waals surface area (Å²) in [6, 6.07) is 7.50. The molecule has 0 aromatic heterocycles. The number of anilines is 1. The van der Waals surface area contributed by atoms with E-state index in [4.69, 9.17) is 4.74 Å². The van der Waals surface area contributed by atoms with E-state index in [9.17, 15) is 4.79 Å². The molecule has 3 nitrogen and oxygen atoms in total. The van der Waals surface area contributed by atoms with Crippen molar-refractivity contribution in [2.75, 3.05) is 19.0 Å². The average Bonchev–Trinajstić information content (AvgIpc) is 2.73. The fraction of sp³-hybridized carbons (Fsp3) is 0.731. The van der Waals surface area contributed by atoms with Crippen LogP contribution in [0.1, 0.15) is 114 Å². The van der Waals surface area contributed by atoms with Gasteiger partial charge in [-0.05, 0) is 36.6 Å². The van der Waals surface area contributed by atoms with Gasteiger partial charge in [0.2, 0.25) is 0 Å². The molecule has 166 valence electrons. The third kappa shape index (κ3) is 14.2. The van der Waals surface area contributed by atoms with Crippen molar-refractivity contribution in [2.45, 2.75) is 104 Å². The van der Waals surface area contributed by atoms with Gasteiger partial charge in [0.15, 0.2) is 0 Å².